The molecule has 0 saturated heterocycles. The molecule has 0 unspecified atom stereocenters. The maximum Gasteiger partial charge on any atom is 0.146 e. The fraction of sp³-hybridized carbons (Fsp3) is 0. The zero-order valence-electron chi connectivity index (χ0n) is 20.5. The minimum absolute atomic E-state index is 1.00. The number of benzene rings is 6. The number of para-hydroxylation sites is 3. The molecule has 0 amide bonds. The van der Waals surface area contributed by atoms with Crippen LogP contribution in [0.4, 0.5) is 0 Å². The summed E-state index contributed by atoms with van der Waals surface area (Å²) in [5.41, 5.74) is 7.93. The molecule has 0 N–H and O–H groups in total. The van der Waals surface area contributed by atoms with Crippen LogP contribution in [0.15, 0.2) is 127 Å². The van der Waals surface area contributed by atoms with E-state index in [1.54, 1.807) is 0 Å². The Morgan fingerprint density at radius 3 is 2.08 bits per heavy atom. The molecule has 3 heterocycles. The van der Waals surface area contributed by atoms with Gasteiger partial charge in [0.1, 0.15) is 5.65 Å². The number of rotatable bonds is 1. The first-order valence-corrected chi connectivity index (χ1v) is 13.0. The van der Waals surface area contributed by atoms with Crippen molar-refractivity contribution in [2.24, 2.45) is 0 Å². The van der Waals surface area contributed by atoms with Crippen molar-refractivity contribution in [3.8, 4) is 5.69 Å². The van der Waals surface area contributed by atoms with Crippen LogP contribution in [0.5, 0.6) is 0 Å². The molecule has 6 aromatic carbocycles. The highest BCUT2D eigenvalue weighted by Crippen LogP contribution is 2.41. The molecular weight excluding hydrogens is 462 g/mol. The monoisotopic (exact) mass is 483 g/mol. The van der Waals surface area contributed by atoms with Crippen LogP contribution >= 0.6 is 0 Å². The molecule has 0 spiro atoms. The highest BCUT2D eigenvalue weighted by Gasteiger charge is 2.20. The summed E-state index contributed by atoms with van der Waals surface area (Å²) >= 11 is 0. The highest BCUT2D eigenvalue weighted by atomic mass is 15.0. The van der Waals surface area contributed by atoms with Gasteiger partial charge in [-0.2, -0.15) is 0 Å². The van der Waals surface area contributed by atoms with E-state index in [0.717, 1.165) is 16.7 Å². The van der Waals surface area contributed by atoms with Gasteiger partial charge in [-0.3, -0.25) is 4.40 Å². The van der Waals surface area contributed by atoms with Crippen molar-refractivity contribution >= 4 is 70.9 Å². The second-order valence-electron chi connectivity index (χ2n) is 10.0. The van der Waals surface area contributed by atoms with Crippen LogP contribution < -0.4 is 0 Å². The summed E-state index contributed by atoms with van der Waals surface area (Å²) in [6.45, 7) is 0. The molecule has 176 valence electrons. The summed E-state index contributed by atoms with van der Waals surface area (Å²) in [7, 11) is 0. The smallest absolute Gasteiger partial charge is 0.146 e. The minimum atomic E-state index is 1.00. The number of imidazole rings is 1. The Kier molecular flexibility index (Phi) is 3.79. The molecule has 9 rings (SSSR count). The van der Waals surface area contributed by atoms with Gasteiger partial charge in [0.25, 0.3) is 0 Å². The van der Waals surface area contributed by atoms with Crippen LogP contribution in [0.2, 0.25) is 0 Å². The minimum Gasteiger partial charge on any atom is -0.309 e. The van der Waals surface area contributed by atoms with Gasteiger partial charge < -0.3 is 4.57 Å². The Balaban J connectivity index is 1.59. The van der Waals surface area contributed by atoms with Gasteiger partial charge in [-0.15, -0.1) is 0 Å². The maximum atomic E-state index is 5.09. The average Bonchev–Trinajstić information content (AvgIpc) is 3.53. The lowest BCUT2D eigenvalue weighted by atomic mass is 10.0. The van der Waals surface area contributed by atoms with Gasteiger partial charge in [-0.25, -0.2) is 4.98 Å². The molecule has 0 aliphatic rings. The van der Waals surface area contributed by atoms with E-state index in [9.17, 15) is 0 Å². The third-order valence-electron chi connectivity index (χ3n) is 8.04. The summed E-state index contributed by atoms with van der Waals surface area (Å²) in [6, 6.07) is 45.9. The van der Waals surface area contributed by atoms with Crippen molar-refractivity contribution in [3.63, 3.8) is 0 Å². The molecule has 0 radical (unpaired) electrons. The molecule has 9 aromatic rings. The van der Waals surface area contributed by atoms with Crippen LogP contribution in [0, 0.1) is 0 Å². The number of pyridine rings is 1. The van der Waals surface area contributed by atoms with E-state index in [1.165, 1.54) is 59.9 Å². The molecular formula is C35H21N3. The first kappa shape index (κ1) is 20.0. The van der Waals surface area contributed by atoms with Crippen molar-refractivity contribution in [2.75, 3.05) is 0 Å². The van der Waals surface area contributed by atoms with Gasteiger partial charge in [-0.1, -0.05) is 91.0 Å². The Labute approximate surface area is 217 Å². The van der Waals surface area contributed by atoms with E-state index in [4.69, 9.17) is 4.98 Å². The van der Waals surface area contributed by atoms with Crippen molar-refractivity contribution in [1.29, 1.82) is 0 Å². The van der Waals surface area contributed by atoms with Gasteiger partial charge in [0, 0.05) is 27.2 Å². The van der Waals surface area contributed by atoms with E-state index in [1.807, 2.05) is 0 Å². The molecule has 0 bridgehead atoms. The van der Waals surface area contributed by atoms with E-state index in [-0.39, 0.29) is 0 Å². The summed E-state index contributed by atoms with van der Waals surface area (Å²) < 4.78 is 4.80. The van der Waals surface area contributed by atoms with E-state index in [2.05, 4.69) is 136 Å². The molecule has 3 heteroatoms. The van der Waals surface area contributed by atoms with Crippen molar-refractivity contribution in [3.05, 3.63) is 127 Å². The highest BCUT2D eigenvalue weighted by molar-refractivity contribution is 6.27. The van der Waals surface area contributed by atoms with Gasteiger partial charge >= 0.3 is 0 Å². The zero-order valence-corrected chi connectivity index (χ0v) is 20.5. The number of aromatic nitrogens is 3. The molecule has 0 saturated carbocycles. The Morgan fingerprint density at radius 1 is 0.474 bits per heavy atom. The largest absolute Gasteiger partial charge is 0.309 e. The summed E-state index contributed by atoms with van der Waals surface area (Å²) in [5.74, 6) is 0. The summed E-state index contributed by atoms with van der Waals surface area (Å²) in [6.07, 6.45) is 0. The Morgan fingerprint density at radius 2 is 1.18 bits per heavy atom. The van der Waals surface area contributed by atoms with Crippen molar-refractivity contribution in [1.82, 2.24) is 14.0 Å². The van der Waals surface area contributed by atoms with Crippen LogP contribution in [0.25, 0.3) is 76.6 Å². The topological polar surface area (TPSA) is 22.2 Å². The number of hydrogen-bond acceptors (Lipinski definition) is 1. The average molecular weight is 484 g/mol. The lowest BCUT2D eigenvalue weighted by Crippen LogP contribution is -1.97. The molecule has 0 atom stereocenters. The first-order valence-electron chi connectivity index (χ1n) is 13.0. The van der Waals surface area contributed by atoms with E-state index < -0.39 is 0 Å². The van der Waals surface area contributed by atoms with Crippen LogP contribution in [0.3, 0.4) is 0 Å². The lowest BCUT2D eigenvalue weighted by Gasteiger charge is -2.14. The van der Waals surface area contributed by atoms with Crippen LogP contribution in [-0.2, 0) is 0 Å². The Bertz CT molecular complexity index is 2410. The van der Waals surface area contributed by atoms with Crippen molar-refractivity contribution in [2.45, 2.75) is 0 Å². The van der Waals surface area contributed by atoms with Gasteiger partial charge in [-0.05, 0) is 52.6 Å². The Hall–Kier alpha value is -5.15. The van der Waals surface area contributed by atoms with Crippen LogP contribution in [-0.4, -0.2) is 14.0 Å². The molecule has 3 aromatic heterocycles. The molecule has 0 aliphatic carbocycles. The summed E-state index contributed by atoms with van der Waals surface area (Å²) in [5, 5.41) is 8.65. The van der Waals surface area contributed by atoms with Gasteiger partial charge in [0.15, 0.2) is 0 Å². The predicted octanol–water partition coefficient (Wildman–Crippen LogP) is 9.04. The van der Waals surface area contributed by atoms with E-state index >= 15 is 0 Å². The molecule has 0 fully saturated rings. The quantitative estimate of drug-likeness (QED) is 0.214. The van der Waals surface area contributed by atoms with Crippen molar-refractivity contribution < 1.29 is 0 Å². The fourth-order valence-electron chi connectivity index (χ4n) is 6.43. The number of nitrogens with zero attached hydrogens (tertiary/aromatic N) is 3. The molecule has 0 aliphatic heterocycles. The third-order valence-corrected chi connectivity index (χ3v) is 8.04. The van der Waals surface area contributed by atoms with E-state index in [0.29, 0.717) is 0 Å². The van der Waals surface area contributed by atoms with Gasteiger partial charge in [0.05, 0.1) is 27.6 Å². The summed E-state index contributed by atoms with van der Waals surface area (Å²) in [4.78, 5) is 5.09. The second kappa shape index (κ2) is 7.21. The first-order chi connectivity index (χ1) is 18.9. The fourth-order valence-corrected chi connectivity index (χ4v) is 6.43. The number of hydrogen-bond donors (Lipinski definition) is 0. The molecule has 3 nitrogen and oxygen atoms in total. The van der Waals surface area contributed by atoms with Gasteiger partial charge in [0.2, 0.25) is 0 Å². The lowest BCUT2D eigenvalue weighted by molar-refractivity contribution is 1.19. The maximum absolute atomic E-state index is 5.09. The molecule has 38 heavy (non-hydrogen) atoms. The SMILES string of the molecule is c1ccc2cc(-n3c4ccccc4c4ccc5c(c6ccccc6c6nc7ccccc7n56)c43)ccc2c1. The zero-order chi connectivity index (χ0) is 24.8. The number of fused-ring (bicyclic) bond motifs is 13. The third kappa shape index (κ3) is 2.50. The van der Waals surface area contributed by atoms with Crippen LogP contribution in [0.1, 0.15) is 0 Å². The predicted molar refractivity (Wildman–Crippen MR) is 160 cm³/mol. The standard InChI is InChI=1S/C35H21N3/c1-2-10-23-21-24(18-17-22(23)9-1)37-30-15-7-5-11-25(30)27-19-20-32-33(34(27)37)26-12-3-4-13-28(26)35-36-29-14-6-8-16-31(29)38(32)35/h1-21H. The second-order valence-corrected chi connectivity index (χ2v) is 10.0. The normalized spacial score (nSPS) is 12.2.